The molecule has 0 atom stereocenters. The fraction of sp³-hybridized carbons (Fsp3) is 0.133. The molecule has 0 unspecified atom stereocenters. The monoisotopic (exact) mass is 284 g/mol. The third kappa shape index (κ3) is 2.69. The number of fused-ring (bicyclic) bond motifs is 1. The van der Waals surface area contributed by atoms with Crippen molar-refractivity contribution in [3.05, 3.63) is 53.3 Å². The Kier molecular flexibility index (Phi) is 3.27. The lowest BCUT2D eigenvalue weighted by atomic mass is 10.1. The van der Waals surface area contributed by atoms with Crippen molar-refractivity contribution >= 4 is 17.6 Å². The van der Waals surface area contributed by atoms with Gasteiger partial charge in [0, 0.05) is 12.0 Å². The summed E-state index contributed by atoms with van der Waals surface area (Å²) in [4.78, 5) is 26.6. The van der Waals surface area contributed by atoms with E-state index in [4.69, 9.17) is 9.84 Å². The van der Waals surface area contributed by atoms with E-state index in [1.54, 1.807) is 18.2 Å². The first kappa shape index (κ1) is 13.1. The maximum atomic E-state index is 12.1. The van der Waals surface area contributed by atoms with E-state index in [1.807, 2.05) is 0 Å². The number of nitrogens with zero attached hydrogens (tertiary/aromatic N) is 1. The molecule has 6 nitrogen and oxygen atoms in total. The van der Waals surface area contributed by atoms with Gasteiger partial charge in [-0.3, -0.25) is 4.79 Å². The lowest BCUT2D eigenvalue weighted by molar-refractivity contribution is 0.0690. The molecule has 6 heteroatoms. The first-order chi connectivity index (χ1) is 10.1. The number of carboxylic acid groups (broad SMARTS) is 1. The Labute approximate surface area is 120 Å². The van der Waals surface area contributed by atoms with Crippen LogP contribution in [-0.4, -0.2) is 28.6 Å². The number of carboxylic acids is 1. The number of amides is 1. The van der Waals surface area contributed by atoms with Gasteiger partial charge in [-0.25, -0.2) is 9.78 Å². The number of aromatic carboxylic acids is 1. The molecule has 21 heavy (non-hydrogen) atoms. The molecule has 0 radical (unpaired) electrons. The molecule has 0 saturated carbocycles. The second-order valence-corrected chi connectivity index (χ2v) is 4.61. The van der Waals surface area contributed by atoms with E-state index in [1.165, 1.54) is 18.3 Å². The molecule has 0 spiro atoms. The summed E-state index contributed by atoms with van der Waals surface area (Å²) in [6, 6.07) is 8.12. The van der Waals surface area contributed by atoms with E-state index in [0.29, 0.717) is 17.9 Å². The number of aromatic nitrogens is 1. The highest BCUT2D eigenvalue weighted by Gasteiger charge is 2.15. The lowest BCUT2D eigenvalue weighted by Gasteiger charge is -2.06. The summed E-state index contributed by atoms with van der Waals surface area (Å²) in [5.74, 6) is -0.555. The fourth-order valence-corrected chi connectivity index (χ4v) is 2.13. The van der Waals surface area contributed by atoms with Crippen LogP contribution in [0.1, 0.15) is 26.4 Å². The van der Waals surface area contributed by atoms with Crippen LogP contribution in [0.5, 0.6) is 5.75 Å². The summed E-state index contributed by atoms with van der Waals surface area (Å²) in [7, 11) is 0. The Bertz CT molecular complexity index is 710. The van der Waals surface area contributed by atoms with Crippen molar-refractivity contribution in [3.8, 4) is 5.75 Å². The van der Waals surface area contributed by atoms with Crippen molar-refractivity contribution in [3.63, 3.8) is 0 Å². The van der Waals surface area contributed by atoms with E-state index in [2.05, 4.69) is 10.3 Å². The molecule has 0 bridgehead atoms. The fourth-order valence-electron chi connectivity index (χ4n) is 2.13. The molecule has 0 fully saturated rings. The summed E-state index contributed by atoms with van der Waals surface area (Å²) >= 11 is 0. The minimum Gasteiger partial charge on any atom is -0.493 e. The predicted octanol–water partition coefficient (Wildman–Crippen LogP) is 1.97. The zero-order chi connectivity index (χ0) is 14.8. The van der Waals surface area contributed by atoms with Gasteiger partial charge in [0.2, 0.25) is 0 Å². The van der Waals surface area contributed by atoms with Crippen molar-refractivity contribution in [1.82, 2.24) is 4.98 Å². The normalized spacial score (nSPS) is 12.4. The van der Waals surface area contributed by atoms with Crippen LogP contribution in [0.15, 0.2) is 36.5 Å². The average Bonchev–Trinajstić information content (AvgIpc) is 2.95. The zero-order valence-corrected chi connectivity index (χ0v) is 11.0. The lowest BCUT2D eigenvalue weighted by Crippen LogP contribution is -2.12. The van der Waals surface area contributed by atoms with Gasteiger partial charge in [0.1, 0.15) is 11.4 Å². The number of carbonyl (C=O) groups excluding carboxylic acids is 1. The Morgan fingerprint density at radius 2 is 2.10 bits per heavy atom. The van der Waals surface area contributed by atoms with Crippen LogP contribution >= 0.6 is 0 Å². The average molecular weight is 284 g/mol. The SMILES string of the molecule is O=C(Nc1ccc(C(=O)O)nc1)c1ccc2c(c1)CCO2. The van der Waals surface area contributed by atoms with E-state index < -0.39 is 5.97 Å². The number of pyridine rings is 1. The molecule has 2 N–H and O–H groups in total. The van der Waals surface area contributed by atoms with Crippen LogP contribution < -0.4 is 10.1 Å². The molecule has 2 heterocycles. The number of anilines is 1. The van der Waals surface area contributed by atoms with Gasteiger partial charge >= 0.3 is 5.97 Å². The van der Waals surface area contributed by atoms with Crippen molar-refractivity contribution in [2.45, 2.75) is 6.42 Å². The summed E-state index contributed by atoms with van der Waals surface area (Å²) in [5.41, 5.74) is 1.92. The highest BCUT2D eigenvalue weighted by Crippen LogP contribution is 2.26. The number of carbonyl (C=O) groups is 2. The number of benzene rings is 1. The summed E-state index contributed by atoms with van der Waals surface area (Å²) in [5, 5.41) is 11.4. The zero-order valence-electron chi connectivity index (χ0n) is 11.0. The predicted molar refractivity (Wildman–Crippen MR) is 74.8 cm³/mol. The van der Waals surface area contributed by atoms with Crippen molar-refractivity contribution in [1.29, 1.82) is 0 Å². The van der Waals surface area contributed by atoms with E-state index in [-0.39, 0.29) is 11.6 Å². The van der Waals surface area contributed by atoms with E-state index in [9.17, 15) is 9.59 Å². The van der Waals surface area contributed by atoms with E-state index in [0.717, 1.165) is 17.7 Å². The van der Waals surface area contributed by atoms with Crippen LogP contribution in [0, 0.1) is 0 Å². The highest BCUT2D eigenvalue weighted by molar-refractivity contribution is 6.04. The molecule has 1 aliphatic rings. The van der Waals surface area contributed by atoms with Gasteiger partial charge in [0.25, 0.3) is 5.91 Å². The molecular weight excluding hydrogens is 272 g/mol. The molecule has 1 amide bonds. The number of hydrogen-bond donors (Lipinski definition) is 2. The van der Waals surface area contributed by atoms with Crippen molar-refractivity contribution in [2.24, 2.45) is 0 Å². The van der Waals surface area contributed by atoms with E-state index >= 15 is 0 Å². The maximum Gasteiger partial charge on any atom is 0.354 e. The number of hydrogen-bond acceptors (Lipinski definition) is 4. The van der Waals surface area contributed by atoms with Gasteiger partial charge in [-0.15, -0.1) is 0 Å². The minimum atomic E-state index is -1.11. The van der Waals surface area contributed by atoms with Gasteiger partial charge in [-0.05, 0) is 35.9 Å². The molecular formula is C15H12N2O4. The molecule has 1 aromatic heterocycles. The van der Waals surface area contributed by atoms with Gasteiger partial charge in [-0.2, -0.15) is 0 Å². The van der Waals surface area contributed by atoms with Gasteiger partial charge in [-0.1, -0.05) is 0 Å². The molecule has 1 aliphatic heterocycles. The topological polar surface area (TPSA) is 88.5 Å². The third-order valence-electron chi connectivity index (χ3n) is 3.19. The third-order valence-corrected chi connectivity index (χ3v) is 3.19. The maximum absolute atomic E-state index is 12.1. The number of nitrogens with one attached hydrogen (secondary N) is 1. The summed E-state index contributed by atoms with van der Waals surface area (Å²) in [6.07, 6.45) is 2.11. The van der Waals surface area contributed by atoms with Crippen LogP contribution in [0.3, 0.4) is 0 Å². The largest absolute Gasteiger partial charge is 0.493 e. The second kappa shape index (κ2) is 5.24. The van der Waals surface area contributed by atoms with Crippen LogP contribution in [0.25, 0.3) is 0 Å². The Balaban J connectivity index is 1.75. The Morgan fingerprint density at radius 3 is 2.81 bits per heavy atom. The molecule has 3 rings (SSSR count). The minimum absolute atomic E-state index is 0.0670. The van der Waals surface area contributed by atoms with Gasteiger partial charge < -0.3 is 15.2 Å². The molecule has 2 aromatic rings. The Morgan fingerprint density at radius 1 is 1.24 bits per heavy atom. The Hall–Kier alpha value is -2.89. The summed E-state index contributed by atoms with van der Waals surface area (Å²) in [6.45, 7) is 0.640. The second-order valence-electron chi connectivity index (χ2n) is 4.61. The smallest absolute Gasteiger partial charge is 0.354 e. The molecule has 1 aromatic carbocycles. The van der Waals surface area contributed by atoms with Crippen LogP contribution in [0.2, 0.25) is 0 Å². The van der Waals surface area contributed by atoms with Crippen molar-refractivity contribution in [2.75, 3.05) is 11.9 Å². The van der Waals surface area contributed by atoms with Gasteiger partial charge in [0.15, 0.2) is 0 Å². The first-order valence-corrected chi connectivity index (χ1v) is 6.40. The first-order valence-electron chi connectivity index (χ1n) is 6.40. The van der Waals surface area contributed by atoms with Crippen molar-refractivity contribution < 1.29 is 19.4 Å². The highest BCUT2D eigenvalue weighted by atomic mass is 16.5. The number of rotatable bonds is 3. The molecule has 0 aliphatic carbocycles. The summed E-state index contributed by atoms with van der Waals surface area (Å²) < 4.78 is 5.39. The molecule has 106 valence electrons. The molecule has 0 saturated heterocycles. The van der Waals surface area contributed by atoms with Crippen LogP contribution in [-0.2, 0) is 6.42 Å². The standard InChI is InChI=1S/C15H12N2O4/c18-14(10-1-4-13-9(7-10)5-6-21-13)17-11-2-3-12(15(19)20)16-8-11/h1-4,7-8H,5-6H2,(H,17,18)(H,19,20). The number of ether oxygens (including phenoxy) is 1. The quantitative estimate of drug-likeness (QED) is 0.899. The van der Waals surface area contributed by atoms with Gasteiger partial charge in [0.05, 0.1) is 18.5 Å². The van der Waals surface area contributed by atoms with Crippen LogP contribution in [0.4, 0.5) is 5.69 Å².